The van der Waals surface area contributed by atoms with Crippen LogP contribution in [0, 0.1) is 0 Å². The summed E-state index contributed by atoms with van der Waals surface area (Å²) in [5.41, 5.74) is 0. The summed E-state index contributed by atoms with van der Waals surface area (Å²) in [7, 11) is 0. The lowest BCUT2D eigenvalue weighted by Gasteiger charge is -2.20. The first kappa shape index (κ1) is 75.1. The SMILES string of the molecule is CCCCC/C=C\C/C=C\CCCCCCCCCC(=O)OCCCCCCCCCCCCCCCCCCCCCCCCCCCCCCCC(=O)NC(CO)C(O)/C=C/CCCCCCCCCCCCCC. The molecule has 0 radical (unpaired) electrons. The van der Waals surface area contributed by atoms with Crippen molar-refractivity contribution in [2.24, 2.45) is 0 Å². The standard InChI is InChI=1S/C71H135NO5/c1-3-5-7-9-11-13-15-17-19-33-37-41-45-49-53-57-61-65-71(76)77-66-62-58-54-50-46-42-38-35-32-30-28-26-24-22-20-21-23-25-27-29-31-34-36-40-44-48-52-56-60-64-70(75)72-68(67-73)69(74)63-59-55-51-47-43-39-18-16-14-12-10-8-6-4-2/h11,13,17,19,59,63,68-69,73-74H,3-10,12,14-16,18,20-58,60-62,64-67H2,1-2H3,(H,72,75)/b13-11-,19-17-,63-59+. The lowest BCUT2D eigenvalue weighted by atomic mass is 10.0. The minimum Gasteiger partial charge on any atom is -0.466 e. The Hall–Kier alpha value is -1.92. The van der Waals surface area contributed by atoms with Gasteiger partial charge in [-0.3, -0.25) is 9.59 Å². The number of aliphatic hydroxyl groups is 2. The van der Waals surface area contributed by atoms with Gasteiger partial charge in [-0.05, 0) is 64.2 Å². The summed E-state index contributed by atoms with van der Waals surface area (Å²) in [6.45, 7) is 4.90. The van der Waals surface area contributed by atoms with E-state index in [9.17, 15) is 19.8 Å². The maximum absolute atomic E-state index is 12.5. The van der Waals surface area contributed by atoms with Crippen molar-refractivity contribution in [2.45, 2.75) is 392 Å². The number of ether oxygens (including phenoxy) is 1. The average molecular weight is 1080 g/mol. The van der Waals surface area contributed by atoms with Crippen LogP contribution in [0.4, 0.5) is 0 Å². The Morgan fingerprint density at radius 1 is 0.364 bits per heavy atom. The summed E-state index contributed by atoms with van der Waals surface area (Å²) in [5.74, 6) is -0.0512. The van der Waals surface area contributed by atoms with E-state index in [1.54, 1.807) is 6.08 Å². The van der Waals surface area contributed by atoms with E-state index in [0.717, 1.165) is 51.4 Å². The molecule has 1 amide bonds. The number of aliphatic hydroxyl groups excluding tert-OH is 2. The first-order valence-electron chi connectivity index (χ1n) is 34.8. The topological polar surface area (TPSA) is 95.9 Å². The van der Waals surface area contributed by atoms with Gasteiger partial charge in [0.15, 0.2) is 0 Å². The van der Waals surface area contributed by atoms with E-state index in [1.165, 1.54) is 302 Å². The number of hydrogen-bond acceptors (Lipinski definition) is 5. The van der Waals surface area contributed by atoms with Crippen molar-refractivity contribution < 1.29 is 24.5 Å². The molecule has 6 heteroatoms. The van der Waals surface area contributed by atoms with Crippen molar-refractivity contribution in [3.63, 3.8) is 0 Å². The highest BCUT2D eigenvalue weighted by molar-refractivity contribution is 5.76. The maximum Gasteiger partial charge on any atom is 0.305 e. The molecule has 0 aliphatic heterocycles. The van der Waals surface area contributed by atoms with Crippen LogP contribution in [-0.4, -0.2) is 47.4 Å². The van der Waals surface area contributed by atoms with E-state index in [-0.39, 0.29) is 18.5 Å². The second kappa shape index (κ2) is 66.6. The molecule has 0 aromatic heterocycles. The van der Waals surface area contributed by atoms with E-state index < -0.39 is 12.1 Å². The van der Waals surface area contributed by atoms with Crippen LogP contribution in [0.5, 0.6) is 0 Å². The number of unbranched alkanes of at least 4 members (excludes halogenated alkanes) is 50. The molecule has 0 aliphatic rings. The first-order valence-corrected chi connectivity index (χ1v) is 34.8. The second-order valence-electron chi connectivity index (χ2n) is 23.9. The average Bonchev–Trinajstić information content (AvgIpc) is 3.43. The number of amides is 1. The molecule has 2 atom stereocenters. The van der Waals surface area contributed by atoms with E-state index >= 15 is 0 Å². The molecule has 0 saturated carbocycles. The molecule has 454 valence electrons. The van der Waals surface area contributed by atoms with Crippen molar-refractivity contribution in [1.29, 1.82) is 0 Å². The van der Waals surface area contributed by atoms with Gasteiger partial charge in [0.1, 0.15) is 0 Å². The van der Waals surface area contributed by atoms with Gasteiger partial charge >= 0.3 is 5.97 Å². The van der Waals surface area contributed by atoms with Crippen molar-refractivity contribution in [2.75, 3.05) is 13.2 Å². The van der Waals surface area contributed by atoms with Gasteiger partial charge in [-0.15, -0.1) is 0 Å². The van der Waals surface area contributed by atoms with Crippen LogP contribution in [0.1, 0.15) is 380 Å². The Balaban J connectivity index is 3.34. The van der Waals surface area contributed by atoms with Crippen LogP contribution >= 0.6 is 0 Å². The smallest absolute Gasteiger partial charge is 0.305 e. The van der Waals surface area contributed by atoms with Crippen LogP contribution in [0.2, 0.25) is 0 Å². The fourth-order valence-electron chi connectivity index (χ4n) is 10.8. The molecule has 0 rings (SSSR count). The van der Waals surface area contributed by atoms with Crippen LogP contribution in [0.25, 0.3) is 0 Å². The maximum atomic E-state index is 12.5. The number of carbonyl (C=O) groups is 2. The molecule has 0 aliphatic carbocycles. The molecule has 0 heterocycles. The summed E-state index contributed by atoms with van der Waals surface area (Å²) < 4.78 is 5.50. The Morgan fingerprint density at radius 2 is 0.649 bits per heavy atom. The Labute approximate surface area is 481 Å². The van der Waals surface area contributed by atoms with Gasteiger partial charge in [-0.2, -0.15) is 0 Å². The summed E-state index contributed by atoms with van der Waals surface area (Å²) in [6, 6.07) is -0.625. The Kier molecular flexibility index (Phi) is 64.9. The predicted molar refractivity (Wildman–Crippen MR) is 338 cm³/mol. The quantitative estimate of drug-likeness (QED) is 0.0320. The number of hydrogen-bond donors (Lipinski definition) is 3. The van der Waals surface area contributed by atoms with E-state index in [0.29, 0.717) is 19.4 Å². The number of carbonyl (C=O) groups excluding carboxylic acids is 2. The van der Waals surface area contributed by atoms with Gasteiger partial charge in [-0.1, -0.05) is 339 Å². The van der Waals surface area contributed by atoms with Gasteiger partial charge in [-0.25, -0.2) is 0 Å². The van der Waals surface area contributed by atoms with Crippen molar-refractivity contribution in [3.8, 4) is 0 Å². The highest BCUT2D eigenvalue weighted by atomic mass is 16.5. The lowest BCUT2D eigenvalue weighted by molar-refractivity contribution is -0.143. The van der Waals surface area contributed by atoms with E-state index in [2.05, 4.69) is 43.5 Å². The summed E-state index contributed by atoms with van der Waals surface area (Å²) in [5, 5.41) is 23.1. The predicted octanol–water partition coefficient (Wildman–Crippen LogP) is 22.3. The second-order valence-corrected chi connectivity index (χ2v) is 23.9. The van der Waals surface area contributed by atoms with Gasteiger partial charge in [0.05, 0.1) is 25.4 Å². The number of esters is 1. The zero-order chi connectivity index (χ0) is 55.7. The summed E-state index contributed by atoms with van der Waals surface area (Å²) >= 11 is 0. The summed E-state index contributed by atoms with van der Waals surface area (Å²) in [4.78, 5) is 24.6. The molecule has 6 nitrogen and oxygen atoms in total. The van der Waals surface area contributed by atoms with Crippen LogP contribution in [0.15, 0.2) is 36.5 Å². The zero-order valence-electron chi connectivity index (χ0n) is 52.0. The monoisotopic (exact) mass is 1080 g/mol. The molecule has 0 fully saturated rings. The highest BCUT2D eigenvalue weighted by Crippen LogP contribution is 2.19. The van der Waals surface area contributed by atoms with E-state index in [4.69, 9.17) is 4.74 Å². The molecule has 0 spiro atoms. The lowest BCUT2D eigenvalue weighted by Crippen LogP contribution is -2.45. The van der Waals surface area contributed by atoms with Crippen molar-refractivity contribution in [3.05, 3.63) is 36.5 Å². The fourth-order valence-corrected chi connectivity index (χ4v) is 10.8. The van der Waals surface area contributed by atoms with E-state index in [1.807, 2.05) is 6.08 Å². The molecule has 2 unspecified atom stereocenters. The molecular weight excluding hydrogens is 947 g/mol. The normalized spacial score (nSPS) is 12.7. The third kappa shape index (κ3) is 63.1. The zero-order valence-corrected chi connectivity index (χ0v) is 52.0. The third-order valence-corrected chi connectivity index (χ3v) is 16.2. The fraction of sp³-hybridized carbons (Fsp3) is 0.887. The summed E-state index contributed by atoms with van der Waals surface area (Å²) in [6.07, 6.45) is 85.1. The van der Waals surface area contributed by atoms with Crippen LogP contribution < -0.4 is 5.32 Å². The number of nitrogens with one attached hydrogen (secondary N) is 1. The van der Waals surface area contributed by atoms with Gasteiger partial charge < -0.3 is 20.3 Å². The van der Waals surface area contributed by atoms with Crippen molar-refractivity contribution in [1.82, 2.24) is 5.32 Å². The van der Waals surface area contributed by atoms with Crippen LogP contribution in [0.3, 0.4) is 0 Å². The molecule has 0 bridgehead atoms. The third-order valence-electron chi connectivity index (χ3n) is 16.2. The van der Waals surface area contributed by atoms with Gasteiger partial charge in [0.2, 0.25) is 5.91 Å². The minimum absolute atomic E-state index is 0.0116. The number of allylic oxidation sites excluding steroid dienone is 5. The molecule has 0 saturated heterocycles. The highest BCUT2D eigenvalue weighted by Gasteiger charge is 2.18. The molecule has 0 aromatic carbocycles. The van der Waals surface area contributed by atoms with Crippen molar-refractivity contribution >= 4 is 11.9 Å². The molecule has 3 N–H and O–H groups in total. The van der Waals surface area contributed by atoms with Gasteiger partial charge in [0.25, 0.3) is 0 Å². The minimum atomic E-state index is -0.841. The first-order chi connectivity index (χ1) is 38.0. The Bertz CT molecular complexity index is 1250. The largest absolute Gasteiger partial charge is 0.466 e. The number of rotatable bonds is 65. The Morgan fingerprint density at radius 3 is 1.01 bits per heavy atom. The van der Waals surface area contributed by atoms with Crippen LogP contribution in [-0.2, 0) is 14.3 Å². The molecule has 0 aromatic rings. The molecular formula is C71H135NO5. The van der Waals surface area contributed by atoms with Gasteiger partial charge in [0, 0.05) is 12.8 Å². The molecule has 77 heavy (non-hydrogen) atoms.